The second-order valence-electron chi connectivity index (χ2n) is 5.58. The molecule has 1 heterocycles. The zero-order chi connectivity index (χ0) is 13.1. The van der Waals surface area contributed by atoms with Gasteiger partial charge in [0.05, 0.1) is 7.11 Å². The Bertz CT molecular complexity index is 403. The molecule has 1 unspecified atom stereocenters. The van der Waals surface area contributed by atoms with Crippen LogP contribution in [0, 0.1) is 5.92 Å². The van der Waals surface area contributed by atoms with Crippen LogP contribution in [-0.2, 0) is 6.54 Å². The number of nitrogens with zero attached hydrogens (tertiary/aromatic N) is 1. The van der Waals surface area contributed by atoms with Gasteiger partial charge in [-0.25, -0.2) is 0 Å². The van der Waals surface area contributed by atoms with E-state index in [1.807, 2.05) is 6.07 Å². The Hall–Kier alpha value is -1.22. The Balaban J connectivity index is 2.34. The SMILES string of the molecule is COc1ccc2c(c1)N(CC(C)C)CC(C)NC2. The summed E-state index contributed by atoms with van der Waals surface area (Å²) in [4.78, 5) is 2.48. The van der Waals surface area contributed by atoms with Crippen molar-refractivity contribution in [3.05, 3.63) is 23.8 Å². The van der Waals surface area contributed by atoms with E-state index in [0.29, 0.717) is 12.0 Å². The lowest BCUT2D eigenvalue weighted by Crippen LogP contribution is -2.37. The predicted molar refractivity (Wildman–Crippen MR) is 76.3 cm³/mol. The van der Waals surface area contributed by atoms with Crippen LogP contribution in [0.25, 0.3) is 0 Å². The largest absolute Gasteiger partial charge is 0.497 e. The molecule has 1 aliphatic rings. The van der Waals surface area contributed by atoms with Gasteiger partial charge in [0.2, 0.25) is 0 Å². The van der Waals surface area contributed by atoms with E-state index < -0.39 is 0 Å². The molecule has 3 nitrogen and oxygen atoms in total. The molecule has 1 aromatic rings. The van der Waals surface area contributed by atoms with Gasteiger partial charge in [-0.15, -0.1) is 0 Å². The van der Waals surface area contributed by atoms with Gasteiger partial charge in [0.1, 0.15) is 5.75 Å². The molecule has 0 saturated carbocycles. The average molecular weight is 248 g/mol. The van der Waals surface area contributed by atoms with Crippen molar-refractivity contribution in [1.82, 2.24) is 5.32 Å². The number of benzene rings is 1. The molecule has 0 saturated heterocycles. The normalized spacial score (nSPS) is 19.6. The average Bonchev–Trinajstić information content (AvgIpc) is 2.48. The van der Waals surface area contributed by atoms with E-state index in [4.69, 9.17) is 4.74 Å². The quantitative estimate of drug-likeness (QED) is 0.890. The maximum absolute atomic E-state index is 5.35. The van der Waals surface area contributed by atoms with Crippen LogP contribution < -0.4 is 15.0 Å². The number of hydrogen-bond acceptors (Lipinski definition) is 3. The highest BCUT2D eigenvalue weighted by molar-refractivity contribution is 5.58. The molecule has 0 spiro atoms. The Morgan fingerprint density at radius 1 is 1.44 bits per heavy atom. The first-order valence-corrected chi connectivity index (χ1v) is 6.75. The number of hydrogen-bond donors (Lipinski definition) is 1. The third kappa shape index (κ3) is 2.96. The van der Waals surface area contributed by atoms with Crippen molar-refractivity contribution in [3.63, 3.8) is 0 Å². The second kappa shape index (κ2) is 5.61. The Kier molecular flexibility index (Phi) is 4.12. The minimum absolute atomic E-state index is 0.516. The van der Waals surface area contributed by atoms with Gasteiger partial charge < -0.3 is 15.0 Å². The van der Waals surface area contributed by atoms with E-state index in [0.717, 1.165) is 25.4 Å². The molecule has 1 aromatic carbocycles. The standard InChI is InChI=1S/C15H24N2O/c1-11(2)9-17-10-12(3)16-8-13-5-6-14(18-4)7-15(13)17/h5-7,11-12,16H,8-10H2,1-4H3. The summed E-state index contributed by atoms with van der Waals surface area (Å²) >= 11 is 0. The van der Waals surface area contributed by atoms with Crippen molar-refractivity contribution in [2.45, 2.75) is 33.4 Å². The topological polar surface area (TPSA) is 24.5 Å². The van der Waals surface area contributed by atoms with E-state index in [1.165, 1.54) is 11.3 Å². The summed E-state index contributed by atoms with van der Waals surface area (Å²) in [6.45, 7) is 9.86. The second-order valence-corrected chi connectivity index (χ2v) is 5.58. The van der Waals surface area contributed by atoms with Gasteiger partial charge in [0.25, 0.3) is 0 Å². The summed E-state index contributed by atoms with van der Waals surface area (Å²) in [5, 5.41) is 3.56. The highest BCUT2D eigenvalue weighted by atomic mass is 16.5. The summed E-state index contributed by atoms with van der Waals surface area (Å²) in [6, 6.07) is 6.90. The molecule has 0 bridgehead atoms. The monoisotopic (exact) mass is 248 g/mol. The molecule has 1 atom stereocenters. The van der Waals surface area contributed by atoms with E-state index in [-0.39, 0.29) is 0 Å². The lowest BCUT2D eigenvalue weighted by molar-refractivity contribution is 0.414. The van der Waals surface area contributed by atoms with E-state index in [1.54, 1.807) is 7.11 Å². The minimum atomic E-state index is 0.516. The van der Waals surface area contributed by atoms with Gasteiger partial charge in [-0.05, 0) is 24.5 Å². The summed E-state index contributed by atoms with van der Waals surface area (Å²) in [5.41, 5.74) is 2.68. The lowest BCUT2D eigenvalue weighted by atomic mass is 10.1. The van der Waals surface area contributed by atoms with Crippen molar-refractivity contribution in [3.8, 4) is 5.75 Å². The van der Waals surface area contributed by atoms with Crippen LogP contribution in [0.3, 0.4) is 0 Å². The van der Waals surface area contributed by atoms with Crippen LogP contribution in [0.15, 0.2) is 18.2 Å². The first-order chi connectivity index (χ1) is 8.60. The molecule has 0 fully saturated rings. The van der Waals surface area contributed by atoms with Crippen molar-refractivity contribution >= 4 is 5.69 Å². The third-order valence-corrected chi connectivity index (χ3v) is 3.35. The van der Waals surface area contributed by atoms with Crippen LogP contribution >= 0.6 is 0 Å². The fourth-order valence-electron chi connectivity index (χ4n) is 2.51. The zero-order valence-corrected chi connectivity index (χ0v) is 11.9. The number of fused-ring (bicyclic) bond motifs is 1. The molecular weight excluding hydrogens is 224 g/mol. The van der Waals surface area contributed by atoms with E-state index in [9.17, 15) is 0 Å². The highest BCUT2D eigenvalue weighted by Gasteiger charge is 2.20. The molecule has 18 heavy (non-hydrogen) atoms. The number of rotatable bonds is 3. The fourth-order valence-corrected chi connectivity index (χ4v) is 2.51. The number of methoxy groups -OCH3 is 1. The number of ether oxygens (including phenoxy) is 1. The summed E-state index contributed by atoms with van der Waals surface area (Å²) in [6.07, 6.45) is 0. The Morgan fingerprint density at radius 3 is 2.89 bits per heavy atom. The summed E-state index contributed by atoms with van der Waals surface area (Å²) in [7, 11) is 1.73. The zero-order valence-electron chi connectivity index (χ0n) is 11.9. The molecule has 2 rings (SSSR count). The van der Waals surface area contributed by atoms with Crippen LogP contribution in [0.2, 0.25) is 0 Å². The van der Waals surface area contributed by atoms with E-state index >= 15 is 0 Å². The molecule has 100 valence electrons. The molecule has 3 heteroatoms. The van der Waals surface area contributed by atoms with Crippen molar-refractivity contribution < 1.29 is 4.74 Å². The van der Waals surface area contributed by atoms with Gasteiger partial charge in [0.15, 0.2) is 0 Å². The van der Waals surface area contributed by atoms with Crippen LogP contribution in [0.5, 0.6) is 5.75 Å². The third-order valence-electron chi connectivity index (χ3n) is 3.35. The first-order valence-electron chi connectivity index (χ1n) is 6.75. The molecular formula is C15H24N2O. The van der Waals surface area contributed by atoms with Crippen molar-refractivity contribution in [2.24, 2.45) is 5.92 Å². The lowest BCUT2D eigenvalue weighted by Gasteiger charge is -2.28. The molecule has 0 amide bonds. The first kappa shape index (κ1) is 13.2. The smallest absolute Gasteiger partial charge is 0.120 e. The number of nitrogens with one attached hydrogen (secondary N) is 1. The number of anilines is 1. The van der Waals surface area contributed by atoms with Gasteiger partial charge in [-0.1, -0.05) is 19.9 Å². The molecule has 0 radical (unpaired) electrons. The molecule has 1 N–H and O–H groups in total. The van der Waals surface area contributed by atoms with Gasteiger partial charge in [-0.3, -0.25) is 0 Å². The minimum Gasteiger partial charge on any atom is -0.497 e. The maximum Gasteiger partial charge on any atom is 0.120 e. The summed E-state index contributed by atoms with van der Waals surface area (Å²) < 4.78 is 5.35. The van der Waals surface area contributed by atoms with Crippen molar-refractivity contribution in [2.75, 3.05) is 25.1 Å². The predicted octanol–water partition coefficient (Wildman–Crippen LogP) is 2.65. The van der Waals surface area contributed by atoms with Crippen LogP contribution in [0.1, 0.15) is 26.3 Å². The Morgan fingerprint density at radius 2 is 2.22 bits per heavy atom. The van der Waals surface area contributed by atoms with Crippen LogP contribution in [-0.4, -0.2) is 26.2 Å². The molecule has 0 aliphatic carbocycles. The van der Waals surface area contributed by atoms with E-state index in [2.05, 4.69) is 43.1 Å². The Labute approximate surface area is 110 Å². The summed E-state index contributed by atoms with van der Waals surface area (Å²) in [5.74, 6) is 1.60. The van der Waals surface area contributed by atoms with Gasteiger partial charge >= 0.3 is 0 Å². The molecule has 1 aliphatic heterocycles. The van der Waals surface area contributed by atoms with Crippen LogP contribution in [0.4, 0.5) is 5.69 Å². The van der Waals surface area contributed by atoms with Gasteiger partial charge in [-0.2, -0.15) is 0 Å². The highest BCUT2D eigenvalue weighted by Crippen LogP contribution is 2.28. The maximum atomic E-state index is 5.35. The molecule has 0 aromatic heterocycles. The fraction of sp³-hybridized carbons (Fsp3) is 0.600. The van der Waals surface area contributed by atoms with Crippen molar-refractivity contribution in [1.29, 1.82) is 0 Å². The van der Waals surface area contributed by atoms with Gasteiger partial charge in [0, 0.05) is 37.4 Å².